The Labute approximate surface area is 114 Å². The summed E-state index contributed by atoms with van der Waals surface area (Å²) in [4.78, 5) is 10.9. The van der Waals surface area contributed by atoms with Gasteiger partial charge in [0.1, 0.15) is 0 Å². The molecule has 2 unspecified atom stereocenters. The van der Waals surface area contributed by atoms with Crippen molar-refractivity contribution < 1.29 is 19.2 Å². The second-order valence-corrected chi connectivity index (χ2v) is 6.06. The third kappa shape index (κ3) is 3.85. The molecule has 0 radical (unpaired) electrons. The molecule has 1 rings (SSSR count). The standard InChI is InChI=1S/C14H19O4P/c1-3-10-14(18-4-2,19(17)11-13(15)16)12-8-6-5-7-9-12/h5-9H,3-4,10-11H2,1-2H3/p+1. The summed E-state index contributed by atoms with van der Waals surface area (Å²) in [5.74, 6) is -1.06. The highest BCUT2D eigenvalue weighted by atomic mass is 31.1. The topological polar surface area (TPSA) is 63.6 Å². The normalized spacial score (nSPS) is 14.7. The fourth-order valence-electron chi connectivity index (χ4n) is 2.17. The molecule has 0 heterocycles. The van der Waals surface area contributed by atoms with Crippen LogP contribution in [0.15, 0.2) is 30.3 Å². The average molecular weight is 283 g/mol. The molecule has 0 aliphatic rings. The van der Waals surface area contributed by atoms with E-state index >= 15 is 0 Å². The Morgan fingerprint density at radius 1 is 1.32 bits per heavy atom. The van der Waals surface area contributed by atoms with E-state index in [1.165, 1.54) is 0 Å². The smallest absolute Gasteiger partial charge is 0.390 e. The van der Waals surface area contributed by atoms with Crippen LogP contribution in [0.5, 0.6) is 0 Å². The monoisotopic (exact) mass is 283 g/mol. The highest BCUT2D eigenvalue weighted by Gasteiger charge is 2.51. The fraction of sp³-hybridized carbons (Fsp3) is 0.500. The zero-order valence-electron chi connectivity index (χ0n) is 11.3. The number of hydrogen-bond donors (Lipinski definition) is 1. The summed E-state index contributed by atoms with van der Waals surface area (Å²) in [6.45, 7) is 4.20. The van der Waals surface area contributed by atoms with Gasteiger partial charge in [-0.2, -0.15) is 0 Å². The van der Waals surface area contributed by atoms with Gasteiger partial charge in [0.15, 0.2) is 0 Å². The van der Waals surface area contributed by atoms with Crippen LogP contribution in [0.1, 0.15) is 32.3 Å². The summed E-state index contributed by atoms with van der Waals surface area (Å²) in [6, 6.07) is 9.27. The minimum Gasteiger partial charge on any atom is -0.478 e. The zero-order chi connectivity index (χ0) is 14.3. The summed E-state index contributed by atoms with van der Waals surface area (Å²) < 4.78 is 18.3. The van der Waals surface area contributed by atoms with E-state index in [4.69, 9.17) is 9.84 Å². The zero-order valence-corrected chi connectivity index (χ0v) is 12.2. The lowest BCUT2D eigenvalue weighted by Gasteiger charge is -2.23. The van der Waals surface area contributed by atoms with E-state index < -0.39 is 19.1 Å². The van der Waals surface area contributed by atoms with Crippen LogP contribution in [0.2, 0.25) is 0 Å². The van der Waals surface area contributed by atoms with Crippen LogP contribution >= 0.6 is 7.80 Å². The molecule has 0 amide bonds. The van der Waals surface area contributed by atoms with E-state index in [1.807, 2.05) is 44.2 Å². The number of benzene rings is 1. The second kappa shape index (κ2) is 7.37. The predicted octanol–water partition coefficient (Wildman–Crippen LogP) is 3.59. The van der Waals surface area contributed by atoms with Crippen LogP contribution in [-0.4, -0.2) is 23.8 Å². The Morgan fingerprint density at radius 2 is 1.95 bits per heavy atom. The summed E-state index contributed by atoms with van der Waals surface area (Å²) in [5.41, 5.74) is 0.793. The first-order valence-electron chi connectivity index (χ1n) is 6.42. The molecule has 0 saturated heterocycles. The van der Waals surface area contributed by atoms with Crippen LogP contribution in [0.3, 0.4) is 0 Å². The van der Waals surface area contributed by atoms with Crippen LogP contribution in [0, 0.1) is 0 Å². The van der Waals surface area contributed by atoms with Gasteiger partial charge in [-0.05, 0) is 13.3 Å². The van der Waals surface area contributed by atoms with Gasteiger partial charge in [0.2, 0.25) is 6.16 Å². The summed E-state index contributed by atoms with van der Waals surface area (Å²) >= 11 is 0. The lowest BCUT2D eigenvalue weighted by atomic mass is 10.0. The SMILES string of the molecule is CCCC(OCC)(c1ccccc1)[P+](=O)CC(=O)O. The van der Waals surface area contributed by atoms with E-state index in [9.17, 15) is 9.36 Å². The van der Waals surface area contributed by atoms with Crippen molar-refractivity contribution >= 4 is 13.8 Å². The first kappa shape index (κ1) is 15.8. The Morgan fingerprint density at radius 3 is 2.42 bits per heavy atom. The van der Waals surface area contributed by atoms with Crippen LogP contribution in [0.25, 0.3) is 0 Å². The molecule has 5 heteroatoms. The van der Waals surface area contributed by atoms with Crippen molar-refractivity contribution in [2.75, 3.05) is 12.8 Å². The first-order valence-corrected chi connectivity index (χ1v) is 7.87. The summed E-state index contributed by atoms with van der Waals surface area (Å²) in [6.07, 6.45) is 0.952. The molecule has 1 aromatic rings. The van der Waals surface area contributed by atoms with E-state index in [0.29, 0.717) is 13.0 Å². The second-order valence-electron chi connectivity index (χ2n) is 4.26. The van der Waals surface area contributed by atoms with Crippen molar-refractivity contribution in [3.05, 3.63) is 35.9 Å². The molecule has 1 aromatic carbocycles. The third-order valence-electron chi connectivity index (χ3n) is 2.88. The van der Waals surface area contributed by atoms with Crippen molar-refractivity contribution in [2.24, 2.45) is 0 Å². The average Bonchev–Trinajstić information content (AvgIpc) is 2.38. The number of ether oxygens (including phenoxy) is 1. The van der Waals surface area contributed by atoms with Gasteiger partial charge in [-0.15, -0.1) is 0 Å². The van der Waals surface area contributed by atoms with Crippen molar-refractivity contribution in [2.45, 2.75) is 32.0 Å². The molecule has 0 spiro atoms. The van der Waals surface area contributed by atoms with Gasteiger partial charge in [-0.3, -0.25) is 0 Å². The number of carboxylic acids is 1. The molecule has 4 nitrogen and oxygen atoms in total. The molecule has 0 fully saturated rings. The van der Waals surface area contributed by atoms with Gasteiger partial charge in [0.05, 0.1) is 0 Å². The molecule has 0 bridgehead atoms. The maximum absolute atomic E-state index is 12.5. The molecule has 19 heavy (non-hydrogen) atoms. The van der Waals surface area contributed by atoms with Crippen LogP contribution in [-0.2, 0) is 19.4 Å². The van der Waals surface area contributed by atoms with Crippen molar-refractivity contribution in [1.82, 2.24) is 0 Å². The molecular formula is C14H20O4P+. The molecule has 1 N–H and O–H groups in total. The van der Waals surface area contributed by atoms with Crippen LogP contribution in [0.4, 0.5) is 0 Å². The van der Waals surface area contributed by atoms with Crippen molar-refractivity contribution in [3.63, 3.8) is 0 Å². The van der Waals surface area contributed by atoms with Crippen molar-refractivity contribution in [1.29, 1.82) is 0 Å². The van der Waals surface area contributed by atoms with Crippen LogP contribution < -0.4 is 0 Å². The van der Waals surface area contributed by atoms with Gasteiger partial charge in [-0.1, -0.05) is 41.8 Å². The first-order chi connectivity index (χ1) is 9.06. The molecule has 0 aliphatic carbocycles. The Kier molecular flexibility index (Phi) is 6.13. The number of carboxylic acid groups (broad SMARTS) is 1. The Hall–Kier alpha value is -1.25. The van der Waals surface area contributed by atoms with E-state index in [2.05, 4.69) is 0 Å². The molecule has 0 saturated carbocycles. The molecule has 0 aromatic heterocycles. The highest BCUT2D eigenvalue weighted by Crippen LogP contribution is 2.51. The van der Waals surface area contributed by atoms with Gasteiger partial charge in [0.25, 0.3) is 5.34 Å². The lowest BCUT2D eigenvalue weighted by Crippen LogP contribution is -2.27. The van der Waals surface area contributed by atoms with E-state index in [-0.39, 0.29) is 6.16 Å². The van der Waals surface area contributed by atoms with Gasteiger partial charge >= 0.3 is 13.8 Å². The highest BCUT2D eigenvalue weighted by molar-refractivity contribution is 7.47. The Balaban J connectivity index is 3.20. The number of carbonyl (C=O) groups is 1. The maximum atomic E-state index is 12.5. The summed E-state index contributed by atoms with van der Waals surface area (Å²) in [7, 11) is -2.03. The molecular weight excluding hydrogens is 263 g/mol. The lowest BCUT2D eigenvalue weighted by molar-refractivity contribution is -0.134. The van der Waals surface area contributed by atoms with Gasteiger partial charge in [-0.25, -0.2) is 4.79 Å². The summed E-state index contributed by atoms with van der Waals surface area (Å²) in [5, 5.41) is 7.90. The molecule has 104 valence electrons. The maximum Gasteiger partial charge on any atom is 0.390 e. The van der Waals surface area contributed by atoms with Gasteiger partial charge < -0.3 is 9.84 Å². The van der Waals surface area contributed by atoms with Crippen molar-refractivity contribution in [3.8, 4) is 0 Å². The van der Waals surface area contributed by atoms with E-state index in [0.717, 1.165) is 12.0 Å². The largest absolute Gasteiger partial charge is 0.478 e. The van der Waals surface area contributed by atoms with Gasteiger partial charge in [0, 0.05) is 18.6 Å². The minimum atomic E-state index is -2.03. The molecule has 2 atom stereocenters. The minimum absolute atomic E-state index is 0.371. The fourth-order valence-corrected chi connectivity index (χ4v) is 3.85. The number of rotatable bonds is 8. The third-order valence-corrected chi connectivity index (χ3v) is 4.85. The van der Waals surface area contributed by atoms with E-state index in [1.54, 1.807) is 0 Å². The molecule has 0 aliphatic heterocycles. The predicted molar refractivity (Wildman–Crippen MR) is 74.8 cm³/mol. The quantitative estimate of drug-likeness (QED) is 0.740. The number of hydrogen-bond acceptors (Lipinski definition) is 3. The number of aliphatic carboxylic acids is 1. The Bertz CT molecular complexity index is 424.